The number of nitrogens with two attached hydrogens (primary N) is 1. The lowest BCUT2D eigenvalue weighted by molar-refractivity contribution is -0.156. The van der Waals surface area contributed by atoms with Crippen LogP contribution in [0, 0.1) is 17.8 Å². The number of carbonyl (C=O) groups excluding carboxylic acids is 3. The van der Waals surface area contributed by atoms with Gasteiger partial charge in [0.05, 0.1) is 24.5 Å². The molecule has 0 bridgehead atoms. The summed E-state index contributed by atoms with van der Waals surface area (Å²) in [5.74, 6) is -2.07. The Kier molecular flexibility index (Phi) is 9.62. The summed E-state index contributed by atoms with van der Waals surface area (Å²) < 4.78 is 10.5. The summed E-state index contributed by atoms with van der Waals surface area (Å²) in [7, 11) is 0. The van der Waals surface area contributed by atoms with Crippen molar-refractivity contribution in [3.8, 4) is 5.75 Å². The maximum Gasteiger partial charge on any atom is 0.344 e. The maximum absolute atomic E-state index is 12.8. The molecule has 2 unspecified atom stereocenters. The largest absolute Gasteiger partial charge is 0.482 e. The molecule has 2 aliphatic rings. The number of ketones is 2. The van der Waals surface area contributed by atoms with Gasteiger partial charge < -0.3 is 25.4 Å². The Morgan fingerprint density at radius 1 is 1.12 bits per heavy atom. The Morgan fingerprint density at radius 2 is 1.79 bits per heavy atom. The smallest absolute Gasteiger partial charge is 0.344 e. The fourth-order valence-corrected chi connectivity index (χ4v) is 5.21. The van der Waals surface area contributed by atoms with E-state index in [-0.39, 0.29) is 25.2 Å². The Morgan fingerprint density at radius 3 is 2.47 bits per heavy atom. The van der Waals surface area contributed by atoms with Gasteiger partial charge in [-0.2, -0.15) is 0 Å². The van der Waals surface area contributed by atoms with Gasteiger partial charge in [0.15, 0.2) is 18.5 Å². The van der Waals surface area contributed by atoms with E-state index < -0.39 is 47.9 Å². The zero-order valence-electron chi connectivity index (χ0n) is 19.8. The Hall–Kier alpha value is -2.29. The average Bonchev–Trinajstić information content (AvgIpc) is 3.10. The van der Waals surface area contributed by atoms with E-state index in [0.717, 1.165) is 12.8 Å². The average molecular weight is 476 g/mol. The van der Waals surface area contributed by atoms with Crippen molar-refractivity contribution in [2.45, 2.75) is 82.6 Å². The van der Waals surface area contributed by atoms with Crippen molar-refractivity contribution in [3.63, 3.8) is 0 Å². The SMILES string of the molecule is CC(C[C@H](O)[C@H](O)[C@@H](N)CC1CCCCC1)C1C(=O)C[C@H](OC(=O)COc2ccccc2)C1=O. The number of Topliss-reactive ketones (excluding diaryl/α,β-unsaturated/α-hetero) is 2. The molecule has 8 heteroatoms. The van der Waals surface area contributed by atoms with E-state index in [9.17, 15) is 24.6 Å². The predicted octanol–water partition coefficient (Wildman–Crippen LogP) is 2.18. The summed E-state index contributed by atoms with van der Waals surface area (Å²) in [5.41, 5.74) is 6.17. The predicted molar refractivity (Wildman–Crippen MR) is 125 cm³/mol. The van der Waals surface area contributed by atoms with Gasteiger partial charge in [-0.3, -0.25) is 9.59 Å². The van der Waals surface area contributed by atoms with Crippen LogP contribution in [-0.4, -0.2) is 58.7 Å². The number of benzene rings is 1. The summed E-state index contributed by atoms with van der Waals surface area (Å²) in [6.45, 7) is 1.32. The van der Waals surface area contributed by atoms with Gasteiger partial charge in [0, 0.05) is 6.04 Å². The molecule has 2 aliphatic carbocycles. The van der Waals surface area contributed by atoms with E-state index in [1.807, 2.05) is 6.07 Å². The topological polar surface area (TPSA) is 136 Å². The minimum Gasteiger partial charge on any atom is -0.482 e. The molecule has 6 atom stereocenters. The van der Waals surface area contributed by atoms with E-state index in [2.05, 4.69) is 0 Å². The Balaban J connectivity index is 1.47. The van der Waals surface area contributed by atoms with Crippen molar-refractivity contribution in [2.75, 3.05) is 6.61 Å². The van der Waals surface area contributed by atoms with Gasteiger partial charge in [0.2, 0.25) is 0 Å². The second-order valence-corrected chi connectivity index (χ2v) is 9.81. The highest BCUT2D eigenvalue weighted by atomic mass is 16.6. The van der Waals surface area contributed by atoms with Crippen molar-refractivity contribution >= 4 is 17.5 Å². The number of esters is 1. The highest BCUT2D eigenvalue weighted by molar-refractivity contribution is 6.12. The number of hydrogen-bond acceptors (Lipinski definition) is 8. The summed E-state index contributed by atoms with van der Waals surface area (Å²) in [6, 6.07) is 8.17. The molecule has 3 rings (SSSR count). The van der Waals surface area contributed by atoms with Crippen molar-refractivity contribution in [3.05, 3.63) is 30.3 Å². The molecule has 0 aliphatic heterocycles. The molecule has 0 radical (unpaired) electrons. The lowest BCUT2D eigenvalue weighted by Gasteiger charge is -2.30. The molecule has 2 fully saturated rings. The number of carbonyl (C=O) groups is 3. The second kappa shape index (κ2) is 12.4. The van der Waals surface area contributed by atoms with E-state index in [1.165, 1.54) is 19.3 Å². The van der Waals surface area contributed by atoms with Crippen LogP contribution in [0.1, 0.15) is 58.3 Å². The second-order valence-electron chi connectivity index (χ2n) is 9.81. The van der Waals surface area contributed by atoms with E-state index >= 15 is 0 Å². The summed E-state index contributed by atoms with van der Waals surface area (Å²) >= 11 is 0. The Bertz CT molecular complexity index is 824. The molecule has 34 heavy (non-hydrogen) atoms. The first-order chi connectivity index (χ1) is 16.3. The molecule has 0 spiro atoms. The first-order valence-electron chi connectivity index (χ1n) is 12.3. The van der Waals surface area contributed by atoms with Gasteiger partial charge in [-0.05, 0) is 36.8 Å². The highest BCUT2D eigenvalue weighted by Gasteiger charge is 2.46. The maximum atomic E-state index is 12.8. The third-order valence-electron chi connectivity index (χ3n) is 7.08. The van der Waals surface area contributed by atoms with Crippen LogP contribution >= 0.6 is 0 Å². The number of hydrogen-bond donors (Lipinski definition) is 3. The van der Waals surface area contributed by atoms with E-state index in [0.29, 0.717) is 18.1 Å². The van der Waals surface area contributed by atoms with Crippen molar-refractivity contribution in [1.82, 2.24) is 0 Å². The van der Waals surface area contributed by atoms with Crippen LogP contribution in [0.15, 0.2) is 30.3 Å². The van der Waals surface area contributed by atoms with Gasteiger partial charge in [0.1, 0.15) is 11.5 Å². The van der Waals surface area contributed by atoms with Gasteiger partial charge in [-0.15, -0.1) is 0 Å². The van der Waals surface area contributed by atoms with Crippen LogP contribution in [0.5, 0.6) is 5.75 Å². The third kappa shape index (κ3) is 7.10. The van der Waals surface area contributed by atoms with Gasteiger partial charge >= 0.3 is 5.97 Å². The molecule has 188 valence electrons. The summed E-state index contributed by atoms with van der Waals surface area (Å²) in [6.07, 6.45) is 2.85. The minimum atomic E-state index is -1.15. The standard InChI is InChI=1S/C26H37NO7/c1-16(12-21(29)25(31)19(27)13-17-8-4-2-5-9-17)24-20(28)14-22(26(24)32)34-23(30)15-33-18-10-6-3-7-11-18/h3,6-7,10-11,16-17,19,21-22,24-25,29,31H,2,4-5,8-9,12-15,27H2,1H3/t16?,19-,21-,22-,24?,25+/m0/s1. The van der Waals surface area contributed by atoms with Crippen LogP contribution in [0.25, 0.3) is 0 Å². The molecular formula is C26H37NO7. The molecule has 4 N–H and O–H groups in total. The van der Waals surface area contributed by atoms with Crippen LogP contribution in [-0.2, 0) is 19.1 Å². The molecule has 0 aromatic heterocycles. The number of aliphatic hydroxyl groups excluding tert-OH is 2. The van der Waals surface area contributed by atoms with Crippen LogP contribution in [0.4, 0.5) is 0 Å². The summed E-state index contributed by atoms with van der Waals surface area (Å²) in [5, 5.41) is 21.1. The van der Waals surface area contributed by atoms with E-state index in [1.54, 1.807) is 31.2 Å². The normalized spacial score (nSPS) is 24.9. The number of rotatable bonds is 11. The van der Waals surface area contributed by atoms with Crippen LogP contribution in [0.3, 0.4) is 0 Å². The molecule has 1 aromatic rings. The quantitative estimate of drug-likeness (QED) is 0.327. The van der Waals surface area contributed by atoms with Crippen molar-refractivity contribution in [2.24, 2.45) is 23.5 Å². The first kappa shape index (κ1) is 26.3. The van der Waals surface area contributed by atoms with Gasteiger partial charge in [0.25, 0.3) is 0 Å². The minimum absolute atomic E-state index is 0.0550. The van der Waals surface area contributed by atoms with Crippen LogP contribution in [0.2, 0.25) is 0 Å². The molecule has 2 saturated carbocycles. The molecule has 8 nitrogen and oxygen atoms in total. The van der Waals surface area contributed by atoms with Crippen molar-refractivity contribution in [1.29, 1.82) is 0 Å². The van der Waals surface area contributed by atoms with Gasteiger partial charge in [-0.1, -0.05) is 57.2 Å². The van der Waals surface area contributed by atoms with Crippen molar-refractivity contribution < 1.29 is 34.1 Å². The van der Waals surface area contributed by atoms with E-state index in [4.69, 9.17) is 15.2 Å². The molecular weight excluding hydrogens is 438 g/mol. The zero-order valence-corrected chi connectivity index (χ0v) is 19.8. The number of aliphatic hydroxyl groups is 2. The summed E-state index contributed by atoms with van der Waals surface area (Å²) in [4.78, 5) is 37.4. The zero-order chi connectivity index (χ0) is 24.7. The van der Waals surface area contributed by atoms with Gasteiger partial charge in [-0.25, -0.2) is 4.79 Å². The molecule has 1 aromatic carbocycles. The third-order valence-corrected chi connectivity index (χ3v) is 7.08. The fraction of sp³-hybridized carbons (Fsp3) is 0.654. The highest BCUT2D eigenvalue weighted by Crippen LogP contribution is 2.32. The number of ether oxygens (including phenoxy) is 2. The molecule has 0 heterocycles. The first-order valence-corrected chi connectivity index (χ1v) is 12.3. The Labute approximate surface area is 200 Å². The monoisotopic (exact) mass is 475 g/mol. The fourth-order valence-electron chi connectivity index (χ4n) is 5.21. The molecule has 0 amide bonds. The molecule has 0 saturated heterocycles. The van der Waals surface area contributed by atoms with Crippen LogP contribution < -0.4 is 10.5 Å². The lowest BCUT2D eigenvalue weighted by Crippen LogP contribution is -2.45. The number of para-hydroxylation sites is 1. The lowest BCUT2D eigenvalue weighted by atomic mass is 9.81.